The lowest BCUT2D eigenvalue weighted by atomic mass is 9.80. The van der Waals surface area contributed by atoms with Gasteiger partial charge in [-0.05, 0) is 196 Å². The van der Waals surface area contributed by atoms with E-state index in [1.54, 1.807) is 24.3 Å². The fourth-order valence-electron chi connectivity index (χ4n) is 16.7. The minimum Gasteiger partial charge on any atom is -0.461 e. The molecule has 0 radical (unpaired) electrons. The van der Waals surface area contributed by atoms with Crippen LogP contribution in [0.25, 0.3) is 87.0 Å². The van der Waals surface area contributed by atoms with Gasteiger partial charge in [-0.15, -0.1) is 0 Å². The van der Waals surface area contributed by atoms with Crippen molar-refractivity contribution >= 4 is 123 Å². The van der Waals surface area contributed by atoms with E-state index in [0.29, 0.717) is 69.7 Å². The number of para-hydroxylation sites is 4. The van der Waals surface area contributed by atoms with E-state index in [9.17, 15) is 0 Å². The number of rotatable bonds is 20. The Balaban J connectivity index is 0.927. The minimum atomic E-state index is -1.61. The lowest BCUT2D eigenvalue weighted by molar-refractivity contribution is -0.149. The lowest BCUT2D eigenvalue weighted by Crippen LogP contribution is -2.52. The van der Waals surface area contributed by atoms with Gasteiger partial charge in [-0.3, -0.25) is 29.0 Å². The van der Waals surface area contributed by atoms with Crippen LogP contribution in [0.4, 0.5) is 0 Å². The van der Waals surface area contributed by atoms with Crippen molar-refractivity contribution in [3.05, 3.63) is 260 Å². The molecule has 0 spiro atoms. The van der Waals surface area contributed by atoms with Gasteiger partial charge in [0.05, 0.1) is 35.5 Å². The molecule has 13 aromatic carbocycles. The van der Waals surface area contributed by atoms with E-state index >= 15 is 28.8 Å². The second-order valence-corrected chi connectivity index (χ2v) is 29.7. The number of esters is 2. The maximum absolute atomic E-state index is 16.8. The summed E-state index contributed by atoms with van der Waals surface area (Å²) < 4.78 is 66.0. The first-order valence-electron chi connectivity index (χ1n) is 36.7. The molecule has 4 aliphatic heterocycles. The molecule has 18 heteroatoms. The lowest BCUT2D eigenvalue weighted by Gasteiger charge is -2.35. The van der Waals surface area contributed by atoms with Gasteiger partial charge in [0.15, 0.2) is 0 Å². The Morgan fingerprint density at radius 3 is 0.927 bits per heavy atom. The first-order chi connectivity index (χ1) is 53.2. The maximum atomic E-state index is 16.8. The van der Waals surface area contributed by atoms with E-state index in [1.165, 1.54) is 0 Å². The van der Waals surface area contributed by atoms with E-state index < -0.39 is 47.7 Å². The summed E-state index contributed by atoms with van der Waals surface area (Å²) in [5.74, 6) is -3.40. The predicted molar refractivity (Wildman–Crippen MR) is 416 cm³/mol. The Kier molecular flexibility index (Phi) is 16.0. The van der Waals surface area contributed by atoms with Gasteiger partial charge < -0.3 is 46.7 Å². The molecule has 4 amide bonds. The van der Waals surface area contributed by atoms with Crippen LogP contribution in [0.2, 0.25) is 0 Å². The van der Waals surface area contributed by atoms with Crippen LogP contribution in [0, 0.1) is 55.4 Å². The van der Waals surface area contributed by atoms with Crippen molar-refractivity contribution in [2.24, 2.45) is 0 Å². The van der Waals surface area contributed by atoms with Gasteiger partial charge in [0, 0.05) is 77.5 Å². The summed E-state index contributed by atoms with van der Waals surface area (Å²) in [4.78, 5) is 99.9. The highest BCUT2D eigenvalue weighted by molar-refractivity contribution is 6.45. The summed E-state index contributed by atoms with van der Waals surface area (Å²) >= 11 is 0. The van der Waals surface area contributed by atoms with Crippen LogP contribution < -0.4 is 18.9 Å². The Bertz CT molecular complexity index is 5840. The highest BCUT2D eigenvalue weighted by atomic mass is 16.6. The van der Waals surface area contributed by atoms with Crippen molar-refractivity contribution in [2.75, 3.05) is 26.4 Å². The number of furan rings is 2. The van der Waals surface area contributed by atoms with Crippen molar-refractivity contribution in [3.63, 3.8) is 0 Å². The van der Waals surface area contributed by atoms with Crippen LogP contribution in [0.3, 0.4) is 0 Å². The first kappa shape index (κ1) is 67.7. The number of amides is 4. The third-order valence-electron chi connectivity index (χ3n) is 21.2. The van der Waals surface area contributed by atoms with E-state index in [-0.39, 0.29) is 127 Å². The quantitative estimate of drug-likeness (QED) is 0.0228. The monoisotopic (exact) mass is 1460 g/mol. The number of benzene rings is 13. The summed E-state index contributed by atoms with van der Waals surface area (Å²) in [6, 6.07) is 52.4. The van der Waals surface area contributed by atoms with Gasteiger partial charge in [0.2, 0.25) is 0 Å². The number of carbonyl (C=O) groups is 6. The molecule has 0 saturated carbocycles. The predicted octanol–water partition coefficient (Wildman–Crippen LogP) is 19.5. The van der Waals surface area contributed by atoms with Gasteiger partial charge in [-0.1, -0.05) is 97.1 Å². The zero-order valence-corrected chi connectivity index (χ0v) is 61.3. The summed E-state index contributed by atoms with van der Waals surface area (Å²) in [5, 5.41) is 5.14. The van der Waals surface area contributed by atoms with E-state index in [0.717, 1.165) is 75.9 Å². The molecular weight excluding hydrogens is 1390 g/mol. The number of carbonyl (C=O) groups excluding carboxylic acids is 6. The van der Waals surface area contributed by atoms with E-state index in [4.69, 9.17) is 46.7 Å². The molecule has 110 heavy (non-hydrogen) atoms. The Hall–Kier alpha value is -12.9. The van der Waals surface area contributed by atoms with Crippen LogP contribution in [0.1, 0.15) is 97.1 Å². The molecule has 19 rings (SSSR count). The third-order valence-corrected chi connectivity index (χ3v) is 21.2. The fourth-order valence-corrected chi connectivity index (χ4v) is 16.7. The second kappa shape index (κ2) is 25.9. The number of hydrogen-bond acceptors (Lipinski definition) is 16. The highest BCUT2D eigenvalue weighted by Crippen LogP contribution is 2.59. The molecule has 0 aliphatic carbocycles. The Morgan fingerprint density at radius 2 is 0.636 bits per heavy atom. The van der Waals surface area contributed by atoms with Gasteiger partial charge in [-0.2, -0.15) is 0 Å². The Labute approximate surface area is 629 Å². The summed E-state index contributed by atoms with van der Waals surface area (Å²) in [6.07, 6.45) is -1.21. The number of nitrogens with zero attached hydrogens (tertiary/aromatic N) is 2. The summed E-state index contributed by atoms with van der Waals surface area (Å²) in [7, 11) is 0. The molecule has 18 nitrogen and oxygen atoms in total. The van der Waals surface area contributed by atoms with Crippen molar-refractivity contribution < 1.29 is 75.5 Å². The summed E-state index contributed by atoms with van der Waals surface area (Å²) in [5.41, 5.74) is 9.87. The van der Waals surface area contributed by atoms with Crippen LogP contribution in [0.5, 0.6) is 46.0 Å². The number of hydrogen-bond donors (Lipinski definition) is 0. The van der Waals surface area contributed by atoms with E-state index in [1.807, 2.05) is 213 Å². The molecule has 6 heterocycles. The zero-order chi connectivity index (χ0) is 75.4. The number of aryl methyl sites for hydroxylation is 8. The van der Waals surface area contributed by atoms with Crippen molar-refractivity contribution in [1.82, 2.24) is 9.80 Å². The second-order valence-electron chi connectivity index (χ2n) is 29.7. The maximum Gasteiger partial charge on any atom is 0.329 e. The van der Waals surface area contributed by atoms with Crippen molar-refractivity contribution in [1.29, 1.82) is 0 Å². The topological polar surface area (TPSA) is 216 Å². The molecule has 4 aliphatic rings. The fraction of sp³-hybridized carbons (Fsp3) is 0.196. The van der Waals surface area contributed by atoms with Crippen LogP contribution in [-0.2, 0) is 41.4 Å². The average molecular weight is 1460 g/mol. The van der Waals surface area contributed by atoms with Gasteiger partial charge in [-0.25, -0.2) is 9.59 Å². The molecular formula is C92H70N2O16. The molecule has 544 valence electrons. The SMILES string of the molecule is Cc1cc(C)cc(Oc2cc3c4c(cc(Oc5cc(C)cc(C)c5)c5c6c(Oc7cc(C)cc(C)c7)cc7c8c(cc(Oc9cc(C)cc(C)c9)c(c2c45)c86)C(=O)N(C(Cc2cccc4c2oc2ccccc24)C(=O)OCC2CO2)C7=O)C(=O)N(C(Cc2cccc4c2oc2ccccc24)C(=O)OCC2CO2)C3=O)c1. The number of fused-ring (bicyclic) bond motifs is 8. The minimum absolute atomic E-state index is 0.0321. The standard InChI is InChI=1S/C92H70N2O16/c1-45-23-46(2)28-55(27-45)105-73-37-65-77-66(88(96)93(87(65)95)69(91(99)103-43-59-41-101-59)35-53-15-13-19-63-61-17-9-11-21-71(61)109-85(53)63)39-75(107-57-31-49(5)25-50(6)32-57)81-82-76(108-58-33-51(7)26-52(8)34-58)40-68-78-67(38-74(80(84(78)82)79(73)83(77)81)106-56-29-47(3)24-48(4)30-56)89(97)94(90(68)98)70(92(100)104-44-60-42-102-60)36-54-16-14-20-64-62-18-10-12-22-72(62)110-86(54)64/h9-34,37-40,59-60,69-70H,35-36,41-44H2,1-8H3. The van der Waals surface area contributed by atoms with Crippen LogP contribution >= 0.6 is 0 Å². The van der Waals surface area contributed by atoms with Crippen LogP contribution in [0.15, 0.2) is 191 Å². The Morgan fingerprint density at radius 1 is 0.355 bits per heavy atom. The number of imide groups is 2. The van der Waals surface area contributed by atoms with Gasteiger partial charge >= 0.3 is 11.9 Å². The van der Waals surface area contributed by atoms with Crippen LogP contribution in [-0.4, -0.2) is 96.1 Å². The van der Waals surface area contributed by atoms with Gasteiger partial charge in [0.25, 0.3) is 23.6 Å². The normalized spacial score (nSPS) is 15.9. The molecule has 4 unspecified atom stereocenters. The number of ether oxygens (including phenoxy) is 8. The molecule has 2 aromatic heterocycles. The third kappa shape index (κ3) is 11.6. The molecule has 2 saturated heterocycles. The zero-order valence-electron chi connectivity index (χ0n) is 61.3. The largest absolute Gasteiger partial charge is 0.461 e. The summed E-state index contributed by atoms with van der Waals surface area (Å²) in [6.45, 7) is 16.0. The molecule has 0 N–H and O–H groups in total. The first-order valence-corrected chi connectivity index (χ1v) is 36.7. The van der Waals surface area contributed by atoms with Gasteiger partial charge in [0.1, 0.15) is 106 Å². The molecule has 15 aromatic rings. The van der Waals surface area contributed by atoms with Crippen molar-refractivity contribution in [3.8, 4) is 46.0 Å². The van der Waals surface area contributed by atoms with Crippen molar-refractivity contribution in [2.45, 2.75) is 92.5 Å². The average Bonchev–Trinajstić information content (AvgIpc) is 0.811. The van der Waals surface area contributed by atoms with E-state index in [2.05, 4.69) is 0 Å². The molecule has 4 atom stereocenters. The smallest absolute Gasteiger partial charge is 0.329 e. The molecule has 2 fully saturated rings. The molecule has 0 bridgehead atoms. The number of epoxide rings is 2. The highest BCUT2D eigenvalue weighted by Gasteiger charge is 2.48.